The molecule has 0 spiro atoms. The van der Waals surface area contributed by atoms with Gasteiger partial charge in [-0.15, -0.1) is 0 Å². The van der Waals surface area contributed by atoms with Crippen molar-refractivity contribution in [3.05, 3.63) is 28.8 Å². The number of H-pyrrole nitrogens is 1. The van der Waals surface area contributed by atoms with Gasteiger partial charge in [0.05, 0.1) is 17.8 Å². The van der Waals surface area contributed by atoms with Gasteiger partial charge in [-0.3, -0.25) is 5.10 Å². The van der Waals surface area contributed by atoms with E-state index in [9.17, 15) is 4.79 Å². The molecule has 4 N–H and O–H groups in total. The van der Waals surface area contributed by atoms with Crippen molar-refractivity contribution in [3.8, 4) is 0 Å². The molecule has 0 radical (unpaired) electrons. The van der Waals surface area contributed by atoms with E-state index in [1.54, 1.807) is 6.07 Å². The van der Waals surface area contributed by atoms with Crippen molar-refractivity contribution in [3.63, 3.8) is 0 Å². The highest BCUT2D eigenvalue weighted by atomic mass is 35.5. The summed E-state index contributed by atoms with van der Waals surface area (Å²) in [6.45, 7) is 3.88. The molecule has 0 aliphatic carbocycles. The highest BCUT2D eigenvalue weighted by Gasteiger charge is 2.21. The summed E-state index contributed by atoms with van der Waals surface area (Å²) in [5.41, 5.74) is 7.61. The summed E-state index contributed by atoms with van der Waals surface area (Å²) in [6, 6.07) is 5.66. The molecular weight excluding hydrogens is 344 g/mol. The fourth-order valence-electron chi connectivity index (χ4n) is 2.78. The molecule has 0 unspecified atom stereocenters. The Labute approximate surface area is 150 Å². The first kappa shape index (κ1) is 17.4. The number of carbonyl (C=O) groups excluding carboxylic acids is 1. The number of methoxy groups -OCH3 is 1. The molecule has 25 heavy (non-hydrogen) atoms. The van der Waals surface area contributed by atoms with Crippen LogP contribution in [0, 0.1) is 0 Å². The number of nitrogens with zero attached hydrogens (tertiary/aromatic N) is 3. The number of hydrogen-bond donors (Lipinski definition) is 3. The van der Waals surface area contributed by atoms with Crippen molar-refractivity contribution in [2.24, 2.45) is 0 Å². The Morgan fingerprint density at radius 2 is 2.08 bits per heavy atom. The summed E-state index contributed by atoms with van der Waals surface area (Å²) in [4.78, 5) is 16.4. The highest BCUT2D eigenvalue weighted by molar-refractivity contribution is 6.33. The van der Waals surface area contributed by atoms with Crippen LogP contribution in [-0.2, 0) is 4.74 Å². The average Bonchev–Trinajstić information content (AvgIpc) is 2.96. The number of esters is 1. The van der Waals surface area contributed by atoms with Gasteiger partial charge < -0.3 is 25.6 Å². The van der Waals surface area contributed by atoms with E-state index >= 15 is 0 Å². The predicted octanol–water partition coefficient (Wildman–Crippen LogP) is 1.93. The van der Waals surface area contributed by atoms with Crippen molar-refractivity contribution in [1.29, 1.82) is 0 Å². The van der Waals surface area contributed by atoms with Crippen molar-refractivity contribution < 1.29 is 9.53 Å². The third-order valence-corrected chi connectivity index (χ3v) is 4.54. The maximum atomic E-state index is 11.8. The van der Waals surface area contributed by atoms with Gasteiger partial charge in [-0.2, -0.15) is 5.10 Å². The van der Waals surface area contributed by atoms with Crippen molar-refractivity contribution in [2.45, 2.75) is 0 Å². The molecule has 1 fully saturated rings. The number of benzene rings is 1. The lowest BCUT2D eigenvalue weighted by Gasteiger charge is -2.34. The zero-order valence-corrected chi connectivity index (χ0v) is 14.9. The molecular formula is C16H21ClN6O2. The quantitative estimate of drug-likeness (QED) is 0.713. The number of nitrogens with two attached hydrogens (primary N) is 1. The van der Waals surface area contributed by atoms with Crippen LogP contribution in [0.3, 0.4) is 0 Å². The number of hydrogen-bond acceptors (Lipinski definition) is 7. The smallest absolute Gasteiger partial charge is 0.345 e. The number of anilines is 4. The molecule has 134 valence electrons. The Hall–Kier alpha value is -2.45. The minimum atomic E-state index is -0.561. The van der Waals surface area contributed by atoms with Gasteiger partial charge in [-0.1, -0.05) is 11.6 Å². The van der Waals surface area contributed by atoms with Crippen molar-refractivity contribution in [2.75, 3.05) is 56.3 Å². The predicted molar refractivity (Wildman–Crippen MR) is 98.8 cm³/mol. The normalized spacial score (nSPS) is 15.2. The van der Waals surface area contributed by atoms with Gasteiger partial charge in [0.25, 0.3) is 0 Å². The first-order chi connectivity index (χ1) is 12.0. The monoisotopic (exact) mass is 364 g/mol. The van der Waals surface area contributed by atoms with Gasteiger partial charge in [0.15, 0.2) is 5.82 Å². The van der Waals surface area contributed by atoms with Crippen LogP contribution >= 0.6 is 11.6 Å². The van der Waals surface area contributed by atoms with E-state index in [-0.39, 0.29) is 11.4 Å². The molecule has 1 aromatic carbocycles. The van der Waals surface area contributed by atoms with Crippen LogP contribution < -0.4 is 16.0 Å². The number of nitrogens with one attached hydrogen (secondary N) is 2. The van der Waals surface area contributed by atoms with Gasteiger partial charge in [0.1, 0.15) is 11.4 Å². The van der Waals surface area contributed by atoms with Crippen LogP contribution in [0.5, 0.6) is 0 Å². The van der Waals surface area contributed by atoms with Crippen LogP contribution in [0.15, 0.2) is 18.2 Å². The number of ether oxygens (including phenoxy) is 1. The highest BCUT2D eigenvalue weighted by Crippen LogP contribution is 2.31. The Kier molecular flexibility index (Phi) is 5.00. The average molecular weight is 365 g/mol. The molecule has 0 bridgehead atoms. The summed E-state index contributed by atoms with van der Waals surface area (Å²) in [5.74, 6) is -0.115. The SMILES string of the molecule is COC(=O)c1c(Nc2ccc(N3CCN(C)CC3)c(Cl)c2)n[nH]c1N. The maximum Gasteiger partial charge on any atom is 0.345 e. The van der Waals surface area contributed by atoms with E-state index in [2.05, 4.69) is 32.4 Å². The van der Waals surface area contributed by atoms with Gasteiger partial charge in [0.2, 0.25) is 0 Å². The van der Waals surface area contributed by atoms with E-state index in [1.165, 1.54) is 7.11 Å². The first-order valence-electron chi connectivity index (χ1n) is 7.92. The van der Waals surface area contributed by atoms with Crippen LogP contribution in [0.4, 0.5) is 23.0 Å². The number of nitrogen functional groups attached to an aromatic ring is 1. The van der Waals surface area contributed by atoms with Crippen LogP contribution in [-0.4, -0.2) is 61.4 Å². The zero-order valence-electron chi connectivity index (χ0n) is 14.2. The second-order valence-electron chi connectivity index (χ2n) is 5.93. The van der Waals surface area contributed by atoms with Crippen LogP contribution in [0.2, 0.25) is 5.02 Å². The second-order valence-corrected chi connectivity index (χ2v) is 6.34. The molecule has 1 aliphatic rings. The lowest BCUT2D eigenvalue weighted by atomic mass is 10.2. The lowest BCUT2D eigenvalue weighted by molar-refractivity contribution is 0.0603. The van der Waals surface area contributed by atoms with Crippen LogP contribution in [0.25, 0.3) is 0 Å². The number of likely N-dealkylation sites (N-methyl/N-ethyl adjacent to an activating group) is 1. The fourth-order valence-corrected chi connectivity index (χ4v) is 3.08. The Morgan fingerprint density at radius 1 is 1.36 bits per heavy atom. The third-order valence-electron chi connectivity index (χ3n) is 4.24. The zero-order chi connectivity index (χ0) is 18.0. The van der Waals surface area contributed by atoms with E-state index in [1.807, 2.05) is 12.1 Å². The second kappa shape index (κ2) is 7.20. The molecule has 0 atom stereocenters. The summed E-state index contributed by atoms with van der Waals surface area (Å²) < 4.78 is 4.73. The van der Waals surface area contributed by atoms with E-state index < -0.39 is 5.97 Å². The molecule has 9 heteroatoms. The largest absolute Gasteiger partial charge is 0.465 e. The summed E-state index contributed by atoms with van der Waals surface area (Å²) in [7, 11) is 3.40. The molecule has 3 rings (SSSR count). The van der Waals surface area contributed by atoms with Gasteiger partial charge in [-0.05, 0) is 25.2 Å². The van der Waals surface area contributed by atoms with E-state index in [4.69, 9.17) is 22.1 Å². The van der Waals surface area contributed by atoms with Crippen LogP contribution in [0.1, 0.15) is 10.4 Å². The Balaban J connectivity index is 1.79. The number of aromatic nitrogens is 2. The third kappa shape index (κ3) is 3.64. The maximum absolute atomic E-state index is 11.8. The summed E-state index contributed by atoms with van der Waals surface area (Å²) >= 11 is 6.46. The van der Waals surface area contributed by atoms with Gasteiger partial charge in [-0.25, -0.2) is 4.79 Å². The molecule has 0 saturated carbocycles. The topological polar surface area (TPSA) is 99.5 Å². The van der Waals surface area contributed by atoms with Crippen molar-refractivity contribution >= 4 is 40.6 Å². The molecule has 1 aliphatic heterocycles. The number of aromatic amines is 1. The number of halogens is 1. The fraction of sp³-hybridized carbons (Fsp3) is 0.375. The molecule has 0 amide bonds. The van der Waals surface area contributed by atoms with E-state index in [0.717, 1.165) is 31.9 Å². The molecule has 2 aromatic rings. The number of carbonyl (C=O) groups is 1. The number of rotatable bonds is 4. The van der Waals surface area contributed by atoms with Crippen molar-refractivity contribution in [1.82, 2.24) is 15.1 Å². The lowest BCUT2D eigenvalue weighted by Crippen LogP contribution is -2.44. The van der Waals surface area contributed by atoms with Gasteiger partial charge in [0, 0.05) is 31.9 Å². The minimum Gasteiger partial charge on any atom is -0.465 e. The molecule has 1 saturated heterocycles. The standard InChI is InChI=1S/C16H21ClN6O2/c1-22-5-7-23(8-6-22)12-4-3-10(9-11(12)17)19-15-13(16(24)25-2)14(18)20-21-15/h3-4,9H,5-8H2,1-2H3,(H4,18,19,20,21). The number of piperazine rings is 1. The molecule has 2 heterocycles. The minimum absolute atomic E-state index is 0.148. The van der Waals surface area contributed by atoms with E-state index in [0.29, 0.717) is 16.5 Å². The Bertz CT molecular complexity index is 770. The summed E-state index contributed by atoms with van der Waals surface area (Å²) in [5, 5.41) is 10.3. The Morgan fingerprint density at radius 3 is 2.72 bits per heavy atom. The molecule has 1 aromatic heterocycles. The van der Waals surface area contributed by atoms with Gasteiger partial charge >= 0.3 is 5.97 Å². The molecule has 8 nitrogen and oxygen atoms in total. The first-order valence-corrected chi connectivity index (χ1v) is 8.29. The summed E-state index contributed by atoms with van der Waals surface area (Å²) in [6.07, 6.45) is 0.